The number of rotatable bonds is 10. The first-order valence-corrected chi connectivity index (χ1v) is 11.1. The standard InChI is InChI=1S/C26H30N6O4/c1-32(2)16-15-28-18-24(33)29-22-13-9-20(10-14-22)6-4-3-5-19-7-11-21(12-8-19)25(34)30-23(17-27)26(35)31-36/h7-14,23,28,36H,15-18,27H2,1-2H3,(H,29,33)(H,30,34)(H,31,35)/t23-/m0/s1. The fraction of sp³-hybridized carbons (Fsp3) is 0.269. The maximum atomic E-state index is 12.2. The highest BCUT2D eigenvalue weighted by Gasteiger charge is 2.19. The van der Waals surface area contributed by atoms with Crippen LogP contribution in [0.25, 0.3) is 0 Å². The quantitative estimate of drug-likeness (QED) is 0.116. The van der Waals surface area contributed by atoms with Gasteiger partial charge in [0, 0.05) is 42.0 Å². The molecule has 1 atom stereocenters. The summed E-state index contributed by atoms with van der Waals surface area (Å²) in [6, 6.07) is 12.5. The van der Waals surface area contributed by atoms with Gasteiger partial charge in [-0.05, 0) is 74.5 Å². The Morgan fingerprint density at radius 1 is 0.972 bits per heavy atom. The fourth-order valence-corrected chi connectivity index (χ4v) is 2.81. The van der Waals surface area contributed by atoms with Crippen molar-refractivity contribution in [1.82, 2.24) is 21.0 Å². The van der Waals surface area contributed by atoms with Gasteiger partial charge in [-0.2, -0.15) is 0 Å². The van der Waals surface area contributed by atoms with Crippen LogP contribution in [-0.2, 0) is 9.59 Å². The van der Waals surface area contributed by atoms with Gasteiger partial charge in [0.1, 0.15) is 6.04 Å². The first-order valence-electron chi connectivity index (χ1n) is 11.1. The number of nitrogens with one attached hydrogen (secondary N) is 4. The monoisotopic (exact) mass is 490 g/mol. The number of anilines is 1. The number of benzene rings is 2. The van der Waals surface area contributed by atoms with Crippen molar-refractivity contribution in [2.24, 2.45) is 5.73 Å². The summed E-state index contributed by atoms with van der Waals surface area (Å²) in [5.74, 6) is 9.93. The van der Waals surface area contributed by atoms with Gasteiger partial charge in [0.25, 0.3) is 11.8 Å². The minimum atomic E-state index is -1.04. The molecule has 0 aliphatic rings. The van der Waals surface area contributed by atoms with E-state index in [9.17, 15) is 14.4 Å². The molecular weight excluding hydrogens is 460 g/mol. The van der Waals surface area contributed by atoms with E-state index in [0.717, 1.165) is 18.7 Å². The highest BCUT2D eigenvalue weighted by molar-refractivity contribution is 5.97. The number of hydroxylamine groups is 1. The summed E-state index contributed by atoms with van der Waals surface area (Å²) in [6.45, 7) is 1.67. The van der Waals surface area contributed by atoms with Crippen molar-refractivity contribution in [2.75, 3.05) is 45.6 Å². The number of nitrogens with two attached hydrogens (primary N) is 1. The van der Waals surface area contributed by atoms with Crippen LogP contribution in [0.5, 0.6) is 0 Å². The SMILES string of the molecule is CN(C)CCNCC(=O)Nc1ccc(C#CC#Cc2ccc(C(=O)N[C@@H](CN)C(=O)NO)cc2)cc1. The largest absolute Gasteiger partial charge is 0.339 e. The number of hydrogen-bond acceptors (Lipinski definition) is 7. The molecular formula is C26H30N6O4. The molecule has 0 radical (unpaired) electrons. The zero-order valence-electron chi connectivity index (χ0n) is 20.2. The lowest BCUT2D eigenvalue weighted by Crippen LogP contribution is -2.50. The maximum absolute atomic E-state index is 12.2. The Bertz CT molecular complexity index is 1160. The summed E-state index contributed by atoms with van der Waals surface area (Å²) in [5, 5.41) is 17.0. The maximum Gasteiger partial charge on any atom is 0.267 e. The van der Waals surface area contributed by atoms with E-state index >= 15 is 0 Å². The molecule has 0 unspecified atom stereocenters. The predicted molar refractivity (Wildman–Crippen MR) is 137 cm³/mol. The Hall–Kier alpha value is -4.19. The third-order valence-electron chi connectivity index (χ3n) is 4.78. The van der Waals surface area contributed by atoms with E-state index < -0.39 is 17.9 Å². The topological polar surface area (TPSA) is 149 Å². The van der Waals surface area contributed by atoms with Gasteiger partial charge >= 0.3 is 0 Å². The Labute approximate surface area is 210 Å². The molecule has 0 bridgehead atoms. The van der Waals surface area contributed by atoms with Gasteiger partial charge in [0.05, 0.1) is 6.54 Å². The molecule has 0 aliphatic carbocycles. The smallest absolute Gasteiger partial charge is 0.267 e. The molecule has 7 N–H and O–H groups in total. The molecule has 188 valence electrons. The average molecular weight is 491 g/mol. The van der Waals surface area contributed by atoms with Crippen LogP contribution in [0.2, 0.25) is 0 Å². The highest BCUT2D eigenvalue weighted by Crippen LogP contribution is 2.08. The Morgan fingerprint density at radius 3 is 2.08 bits per heavy atom. The average Bonchev–Trinajstić information content (AvgIpc) is 2.88. The number of likely N-dealkylation sites (N-methyl/N-ethyl adjacent to an activating group) is 1. The summed E-state index contributed by atoms with van der Waals surface area (Å²) in [4.78, 5) is 37.6. The van der Waals surface area contributed by atoms with E-state index in [1.165, 1.54) is 5.48 Å². The van der Waals surface area contributed by atoms with Crippen molar-refractivity contribution in [3.63, 3.8) is 0 Å². The molecule has 0 saturated heterocycles. The second-order valence-electron chi connectivity index (χ2n) is 7.92. The van der Waals surface area contributed by atoms with Gasteiger partial charge in [0.2, 0.25) is 5.91 Å². The molecule has 0 fully saturated rings. The molecule has 2 rings (SSSR count). The van der Waals surface area contributed by atoms with Crippen LogP contribution in [0, 0.1) is 23.7 Å². The van der Waals surface area contributed by atoms with E-state index in [2.05, 4.69) is 39.6 Å². The van der Waals surface area contributed by atoms with E-state index in [-0.39, 0.29) is 19.0 Å². The molecule has 2 aromatic carbocycles. The zero-order valence-corrected chi connectivity index (χ0v) is 20.2. The Morgan fingerprint density at radius 2 is 1.56 bits per heavy atom. The molecule has 0 aliphatic heterocycles. The number of hydrogen-bond donors (Lipinski definition) is 6. The van der Waals surface area contributed by atoms with Crippen LogP contribution >= 0.6 is 0 Å². The highest BCUT2D eigenvalue weighted by atomic mass is 16.5. The minimum Gasteiger partial charge on any atom is -0.339 e. The van der Waals surface area contributed by atoms with Gasteiger partial charge in [-0.3, -0.25) is 19.6 Å². The molecule has 0 aromatic heterocycles. The molecule has 10 heteroatoms. The lowest BCUT2D eigenvalue weighted by molar-refractivity contribution is -0.130. The van der Waals surface area contributed by atoms with Crippen LogP contribution in [0.1, 0.15) is 21.5 Å². The van der Waals surface area contributed by atoms with Crippen LogP contribution in [-0.4, -0.2) is 74.1 Å². The van der Waals surface area contributed by atoms with Crippen LogP contribution in [0.3, 0.4) is 0 Å². The number of nitrogens with zero attached hydrogens (tertiary/aromatic N) is 1. The van der Waals surface area contributed by atoms with Crippen molar-refractivity contribution >= 4 is 23.4 Å². The summed E-state index contributed by atoms with van der Waals surface area (Å²) in [6.07, 6.45) is 0. The number of amides is 3. The molecule has 0 spiro atoms. The van der Waals surface area contributed by atoms with Gasteiger partial charge in [-0.25, -0.2) is 5.48 Å². The van der Waals surface area contributed by atoms with Gasteiger partial charge < -0.3 is 26.6 Å². The second kappa shape index (κ2) is 14.9. The third kappa shape index (κ3) is 9.97. The number of carbonyl (C=O) groups excluding carboxylic acids is 3. The summed E-state index contributed by atoms with van der Waals surface area (Å²) >= 11 is 0. The minimum absolute atomic E-state index is 0.114. The van der Waals surface area contributed by atoms with Crippen molar-refractivity contribution in [3.8, 4) is 23.7 Å². The fourth-order valence-electron chi connectivity index (χ4n) is 2.81. The van der Waals surface area contributed by atoms with E-state index in [4.69, 9.17) is 10.9 Å². The lowest BCUT2D eigenvalue weighted by Gasteiger charge is -2.14. The van der Waals surface area contributed by atoms with Gasteiger partial charge in [-0.1, -0.05) is 11.8 Å². The molecule has 36 heavy (non-hydrogen) atoms. The molecule has 10 nitrogen and oxygen atoms in total. The van der Waals surface area contributed by atoms with Crippen molar-refractivity contribution in [2.45, 2.75) is 6.04 Å². The van der Waals surface area contributed by atoms with E-state index in [1.807, 2.05) is 19.0 Å². The normalized spacial score (nSPS) is 10.8. The summed E-state index contributed by atoms with van der Waals surface area (Å²) in [7, 11) is 3.95. The van der Waals surface area contributed by atoms with Gasteiger partial charge in [-0.15, -0.1) is 0 Å². The first-order chi connectivity index (χ1) is 17.3. The summed E-state index contributed by atoms with van der Waals surface area (Å²) in [5.41, 5.74) is 9.29. The van der Waals surface area contributed by atoms with E-state index in [0.29, 0.717) is 16.8 Å². The Balaban J connectivity index is 1.86. The lowest BCUT2D eigenvalue weighted by atomic mass is 10.1. The van der Waals surface area contributed by atoms with Crippen LogP contribution < -0.4 is 27.2 Å². The van der Waals surface area contributed by atoms with Crippen LogP contribution in [0.15, 0.2) is 48.5 Å². The zero-order chi connectivity index (χ0) is 26.3. The Kier molecular flexibility index (Phi) is 11.6. The molecule has 2 aromatic rings. The van der Waals surface area contributed by atoms with Crippen molar-refractivity contribution in [1.29, 1.82) is 0 Å². The van der Waals surface area contributed by atoms with E-state index in [1.54, 1.807) is 48.5 Å². The molecule has 3 amide bonds. The van der Waals surface area contributed by atoms with Crippen LogP contribution in [0.4, 0.5) is 5.69 Å². The summed E-state index contributed by atoms with van der Waals surface area (Å²) < 4.78 is 0. The van der Waals surface area contributed by atoms with Crippen molar-refractivity contribution < 1.29 is 19.6 Å². The van der Waals surface area contributed by atoms with Crippen molar-refractivity contribution in [3.05, 3.63) is 65.2 Å². The molecule has 0 saturated carbocycles. The second-order valence-corrected chi connectivity index (χ2v) is 7.92. The van der Waals surface area contributed by atoms with Gasteiger partial charge in [0.15, 0.2) is 0 Å². The number of carbonyl (C=O) groups is 3. The first kappa shape index (κ1) is 28.1. The third-order valence-corrected chi connectivity index (χ3v) is 4.78. The predicted octanol–water partition coefficient (Wildman–Crippen LogP) is -0.258. The molecule has 0 heterocycles.